The van der Waals surface area contributed by atoms with Gasteiger partial charge in [-0.25, -0.2) is 4.79 Å². The van der Waals surface area contributed by atoms with E-state index < -0.39 is 6.09 Å². The SMILES string of the molecule is CC(C)(Cc1ccc(-c2ccc(OCc3ccccc3)nc2OCc2ccccc2)nc1)N1CCN(C(=O)O)CC1. The maximum atomic E-state index is 11.3. The third-order valence-electron chi connectivity index (χ3n) is 7.43. The Kier molecular flexibility index (Phi) is 8.79. The van der Waals surface area contributed by atoms with Crippen molar-refractivity contribution in [2.45, 2.75) is 39.0 Å². The second-order valence-electron chi connectivity index (χ2n) is 10.8. The second-order valence-corrected chi connectivity index (χ2v) is 10.8. The molecule has 8 nitrogen and oxygen atoms in total. The standard InChI is InChI=1S/C33H36N4O4/c1-33(2,37-19-17-36(18-20-37)32(38)39)21-27-13-15-29(34-22-27)28-14-16-30(40-23-25-9-5-3-6-10-25)35-31(28)41-24-26-11-7-4-8-12-26/h3-16,22H,17-21,23-24H2,1-2H3,(H,38,39). The molecule has 212 valence electrons. The van der Waals surface area contributed by atoms with Crippen LogP contribution in [0.3, 0.4) is 0 Å². The third kappa shape index (κ3) is 7.41. The molecule has 41 heavy (non-hydrogen) atoms. The van der Waals surface area contributed by atoms with Gasteiger partial charge in [-0.3, -0.25) is 9.88 Å². The number of hydrogen-bond donors (Lipinski definition) is 1. The van der Waals surface area contributed by atoms with Crippen LogP contribution in [0, 0.1) is 0 Å². The minimum Gasteiger partial charge on any atom is -0.473 e. The molecule has 0 radical (unpaired) electrons. The highest BCUT2D eigenvalue weighted by Crippen LogP contribution is 2.31. The summed E-state index contributed by atoms with van der Waals surface area (Å²) in [5.74, 6) is 0.957. The van der Waals surface area contributed by atoms with Crippen molar-refractivity contribution in [2.75, 3.05) is 26.2 Å². The van der Waals surface area contributed by atoms with Gasteiger partial charge in [0.05, 0.1) is 11.3 Å². The molecule has 5 rings (SSSR count). The van der Waals surface area contributed by atoms with Gasteiger partial charge in [-0.1, -0.05) is 66.7 Å². The van der Waals surface area contributed by atoms with Crippen LogP contribution in [0.1, 0.15) is 30.5 Å². The number of ether oxygens (including phenoxy) is 2. The Morgan fingerprint density at radius 1 is 0.805 bits per heavy atom. The summed E-state index contributed by atoms with van der Waals surface area (Å²) >= 11 is 0. The first-order chi connectivity index (χ1) is 19.9. The van der Waals surface area contributed by atoms with E-state index in [1.165, 1.54) is 4.90 Å². The first-order valence-corrected chi connectivity index (χ1v) is 13.9. The average Bonchev–Trinajstić information content (AvgIpc) is 3.00. The summed E-state index contributed by atoms with van der Waals surface area (Å²) < 4.78 is 12.2. The summed E-state index contributed by atoms with van der Waals surface area (Å²) in [4.78, 5) is 24.6. The van der Waals surface area contributed by atoms with Crippen LogP contribution < -0.4 is 9.47 Å². The van der Waals surface area contributed by atoms with Gasteiger partial charge in [-0.2, -0.15) is 4.98 Å². The number of hydrogen-bond acceptors (Lipinski definition) is 6. The van der Waals surface area contributed by atoms with E-state index in [0.717, 1.165) is 47.5 Å². The molecular formula is C33H36N4O4. The van der Waals surface area contributed by atoms with Crippen LogP contribution in [0.25, 0.3) is 11.3 Å². The predicted octanol–water partition coefficient (Wildman–Crippen LogP) is 5.92. The molecule has 1 aliphatic rings. The highest BCUT2D eigenvalue weighted by Gasteiger charge is 2.31. The van der Waals surface area contributed by atoms with Gasteiger partial charge in [0, 0.05) is 44.0 Å². The molecule has 0 atom stereocenters. The summed E-state index contributed by atoms with van der Waals surface area (Å²) in [7, 11) is 0. The van der Waals surface area contributed by atoms with Crippen molar-refractivity contribution in [2.24, 2.45) is 0 Å². The molecular weight excluding hydrogens is 516 g/mol. The Bertz CT molecular complexity index is 1420. The first-order valence-electron chi connectivity index (χ1n) is 13.9. The number of carboxylic acid groups (broad SMARTS) is 1. The molecule has 8 heteroatoms. The molecule has 0 bridgehead atoms. The maximum absolute atomic E-state index is 11.3. The fourth-order valence-corrected chi connectivity index (χ4v) is 5.07. The third-order valence-corrected chi connectivity index (χ3v) is 7.43. The van der Waals surface area contributed by atoms with Gasteiger partial charge in [0.1, 0.15) is 13.2 Å². The molecule has 0 aliphatic carbocycles. The molecule has 3 heterocycles. The molecule has 0 spiro atoms. The number of piperazine rings is 1. The van der Waals surface area contributed by atoms with Crippen LogP contribution in [0.4, 0.5) is 4.79 Å². The molecule has 1 aliphatic heterocycles. The topological polar surface area (TPSA) is 88.0 Å². The van der Waals surface area contributed by atoms with E-state index in [1.807, 2.05) is 85.1 Å². The van der Waals surface area contributed by atoms with Crippen molar-refractivity contribution < 1.29 is 19.4 Å². The maximum Gasteiger partial charge on any atom is 0.407 e. The summed E-state index contributed by atoms with van der Waals surface area (Å²) in [5, 5.41) is 9.26. The Morgan fingerprint density at radius 2 is 1.44 bits per heavy atom. The van der Waals surface area contributed by atoms with E-state index in [4.69, 9.17) is 19.4 Å². The van der Waals surface area contributed by atoms with E-state index in [2.05, 4.69) is 24.8 Å². The van der Waals surface area contributed by atoms with Crippen LogP contribution in [-0.4, -0.2) is 62.7 Å². The van der Waals surface area contributed by atoms with Crippen LogP contribution >= 0.6 is 0 Å². The zero-order valence-corrected chi connectivity index (χ0v) is 23.6. The quantitative estimate of drug-likeness (QED) is 0.261. The van der Waals surface area contributed by atoms with Gasteiger partial charge in [0.15, 0.2) is 0 Å². The summed E-state index contributed by atoms with van der Waals surface area (Å²) in [6.07, 6.45) is 1.86. The van der Waals surface area contributed by atoms with E-state index in [1.54, 1.807) is 0 Å². The van der Waals surface area contributed by atoms with Gasteiger partial charge in [-0.15, -0.1) is 0 Å². The molecule has 0 saturated carbocycles. The molecule has 1 amide bonds. The molecule has 2 aromatic heterocycles. The van der Waals surface area contributed by atoms with Crippen molar-refractivity contribution in [3.05, 3.63) is 108 Å². The van der Waals surface area contributed by atoms with Crippen LogP contribution in [0.2, 0.25) is 0 Å². The van der Waals surface area contributed by atoms with Crippen LogP contribution in [0.15, 0.2) is 91.1 Å². The molecule has 2 aromatic carbocycles. The number of carbonyl (C=O) groups is 1. The molecule has 4 aromatic rings. The highest BCUT2D eigenvalue weighted by molar-refractivity contribution is 5.66. The number of rotatable bonds is 10. The predicted molar refractivity (Wildman–Crippen MR) is 158 cm³/mol. The van der Waals surface area contributed by atoms with Crippen molar-refractivity contribution in [1.29, 1.82) is 0 Å². The first kappa shape index (κ1) is 28.1. The second kappa shape index (κ2) is 12.8. The Balaban J connectivity index is 1.31. The van der Waals surface area contributed by atoms with Gasteiger partial charge < -0.3 is 19.5 Å². The fourth-order valence-electron chi connectivity index (χ4n) is 5.07. The monoisotopic (exact) mass is 552 g/mol. The highest BCUT2D eigenvalue weighted by atomic mass is 16.5. The average molecular weight is 553 g/mol. The normalized spacial score (nSPS) is 14.0. The van der Waals surface area contributed by atoms with Crippen molar-refractivity contribution in [3.63, 3.8) is 0 Å². The zero-order valence-electron chi connectivity index (χ0n) is 23.6. The number of nitrogens with zero attached hydrogens (tertiary/aromatic N) is 4. The Hall–Kier alpha value is -4.43. The van der Waals surface area contributed by atoms with Gasteiger partial charge in [-0.05, 0) is 49.1 Å². The number of aromatic nitrogens is 2. The zero-order chi connectivity index (χ0) is 28.7. The van der Waals surface area contributed by atoms with Crippen molar-refractivity contribution >= 4 is 6.09 Å². The molecule has 1 fully saturated rings. The number of pyridine rings is 2. The molecule has 1 N–H and O–H groups in total. The lowest BCUT2D eigenvalue weighted by molar-refractivity contribution is 0.0514. The van der Waals surface area contributed by atoms with Gasteiger partial charge >= 0.3 is 6.09 Å². The smallest absolute Gasteiger partial charge is 0.407 e. The lowest BCUT2D eigenvalue weighted by atomic mass is 9.92. The van der Waals surface area contributed by atoms with Crippen molar-refractivity contribution in [3.8, 4) is 23.0 Å². The molecule has 1 saturated heterocycles. The van der Waals surface area contributed by atoms with Crippen LogP contribution in [-0.2, 0) is 19.6 Å². The summed E-state index contributed by atoms with van der Waals surface area (Å²) in [6.45, 7) is 7.69. The largest absolute Gasteiger partial charge is 0.473 e. The number of amides is 1. The van der Waals surface area contributed by atoms with E-state index in [9.17, 15) is 9.90 Å². The van der Waals surface area contributed by atoms with E-state index in [-0.39, 0.29) is 5.54 Å². The van der Waals surface area contributed by atoms with Gasteiger partial charge in [0.2, 0.25) is 11.8 Å². The van der Waals surface area contributed by atoms with Crippen LogP contribution in [0.5, 0.6) is 11.8 Å². The fraction of sp³-hybridized carbons (Fsp3) is 0.303. The Labute approximate surface area is 241 Å². The van der Waals surface area contributed by atoms with E-state index in [0.29, 0.717) is 38.1 Å². The number of benzene rings is 2. The van der Waals surface area contributed by atoms with Crippen molar-refractivity contribution in [1.82, 2.24) is 19.8 Å². The summed E-state index contributed by atoms with van der Waals surface area (Å²) in [6, 6.07) is 27.9. The van der Waals surface area contributed by atoms with Gasteiger partial charge in [0.25, 0.3) is 0 Å². The lowest BCUT2D eigenvalue weighted by Gasteiger charge is -2.43. The minimum absolute atomic E-state index is 0.128. The van der Waals surface area contributed by atoms with E-state index >= 15 is 0 Å². The lowest BCUT2D eigenvalue weighted by Crippen LogP contribution is -2.56. The molecule has 0 unspecified atom stereocenters. The minimum atomic E-state index is -0.848. The Morgan fingerprint density at radius 3 is 2.02 bits per heavy atom. The summed E-state index contributed by atoms with van der Waals surface area (Å²) in [5.41, 5.74) is 4.66.